The van der Waals surface area contributed by atoms with Crippen LogP contribution in [-0.2, 0) is 6.54 Å². The summed E-state index contributed by atoms with van der Waals surface area (Å²) in [5.41, 5.74) is 7.98. The highest BCUT2D eigenvalue weighted by atomic mass is 16.5. The normalized spacial score (nSPS) is 19.2. The van der Waals surface area contributed by atoms with Gasteiger partial charge in [0.1, 0.15) is 11.9 Å². The summed E-state index contributed by atoms with van der Waals surface area (Å²) in [4.78, 5) is 2.39. The fourth-order valence-corrected chi connectivity index (χ4v) is 2.19. The molecule has 0 aromatic heterocycles. The number of nitrogens with zero attached hydrogens (tertiary/aromatic N) is 1. The second-order valence-corrected chi connectivity index (χ2v) is 4.38. The van der Waals surface area contributed by atoms with Gasteiger partial charge in [0.05, 0.1) is 12.2 Å². The fraction of sp³-hybridized carbons (Fsp3) is 0.538. The van der Waals surface area contributed by atoms with Crippen LogP contribution in [-0.4, -0.2) is 19.2 Å². The molecule has 0 radical (unpaired) electrons. The molecule has 0 fully saturated rings. The number of ether oxygens (including phenoxy) is 1. The molecule has 3 nitrogen and oxygen atoms in total. The first-order chi connectivity index (χ1) is 7.74. The Bertz CT molecular complexity index is 365. The number of nitrogens with two attached hydrogens (primary N) is 1. The minimum absolute atomic E-state index is 0.257. The molecule has 0 spiro atoms. The van der Waals surface area contributed by atoms with Crippen LogP contribution in [0, 0.1) is 0 Å². The van der Waals surface area contributed by atoms with Gasteiger partial charge in [-0.15, -0.1) is 0 Å². The maximum Gasteiger partial charge on any atom is 0.143 e. The summed E-state index contributed by atoms with van der Waals surface area (Å²) in [6, 6.07) is 6.27. The van der Waals surface area contributed by atoms with Gasteiger partial charge in [0.25, 0.3) is 0 Å². The lowest BCUT2D eigenvalue weighted by Crippen LogP contribution is -2.38. The topological polar surface area (TPSA) is 38.5 Å². The average Bonchev–Trinajstić information content (AvgIpc) is 2.28. The van der Waals surface area contributed by atoms with Crippen LogP contribution in [0.5, 0.6) is 5.75 Å². The Hall–Kier alpha value is -1.22. The molecule has 88 valence electrons. The number of hydrogen-bond donors (Lipinski definition) is 1. The van der Waals surface area contributed by atoms with E-state index in [4.69, 9.17) is 10.5 Å². The summed E-state index contributed by atoms with van der Waals surface area (Å²) in [6.45, 7) is 6.94. The van der Waals surface area contributed by atoms with Gasteiger partial charge < -0.3 is 15.4 Å². The molecule has 0 aliphatic carbocycles. The summed E-state index contributed by atoms with van der Waals surface area (Å²) in [5, 5.41) is 0. The van der Waals surface area contributed by atoms with Gasteiger partial charge in [-0.25, -0.2) is 0 Å². The summed E-state index contributed by atoms with van der Waals surface area (Å²) >= 11 is 0. The van der Waals surface area contributed by atoms with Crippen LogP contribution >= 0.6 is 0 Å². The van der Waals surface area contributed by atoms with Crippen molar-refractivity contribution >= 4 is 5.69 Å². The molecule has 1 aromatic rings. The number of rotatable bonds is 3. The van der Waals surface area contributed by atoms with Crippen molar-refractivity contribution in [2.75, 3.05) is 18.0 Å². The second-order valence-electron chi connectivity index (χ2n) is 4.38. The van der Waals surface area contributed by atoms with Gasteiger partial charge in [0.15, 0.2) is 0 Å². The van der Waals surface area contributed by atoms with Gasteiger partial charge in [-0.2, -0.15) is 0 Å². The van der Waals surface area contributed by atoms with E-state index in [0.29, 0.717) is 6.54 Å². The van der Waals surface area contributed by atoms with Gasteiger partial charge >= 0.3 is 0 Å². The minimum atomic E-state index is 0.257. The molecule has 2 N–H and O–H groups in total. The molecule has 1 aliphatic heterocycles. The lowest BCUT2D eigenvalue weighted by atomic mass is 10.1. The molecule has 0 saturated heterocycles. The van der Waals surface area contributed by atoms with E-state index in [-0.39, 0.29) is 6.10 Å². The van der Waals surface area contributed by atoms with E-state index in [9.17, 15) is 0 Å². The first kappa shape index (κ1) is 11.3. The monoisotopic (exact) mass is 220 g/mol. The van der Waals surface area contributed by atoms with Crippen molar-refractivity contribution in [2.45, 2.75) is 32.9 Å². The Kier molecular flexibility index (Phi) is 3.34. The molecule has 1 aromatic carbocycles. The molecular weight excluding hydrogens is 200 g/mol. The summed E-state index contributed by atoms with van der Waals surface area (Å²) in [7, 11) is 0. The van der Waals surface area contributed by atoms with Gasteiger partial charge in [-0.1, -0.05) is 13.0 Å². The molecule has 0 amide bonds. The second kappa shape index (κ2) is 4.74. The predicted octanol–water partition coefficient (Wildman–Crippen LogP) is 2.14. The van der Waals surface area contributed by atoms with Crippen LogP contribution in [0.15, 0.2) is 18.2 Å². The average molecular weight is 220 g/mol. The first-order valence-corrected chi connectivity index (χ1v) is 5.99. The van der Waals surface area contributed by atoms with E-state index in [1.807, 2.05) is 0 Å². The molecule has 1 unspecified atom stereocenters. The quantitative estimate of drug-likeness (QED) is 0.848. The van der Waals surface area contributed by atoms with Crippen LogP contribution in [0.1, 0.15) is 25.8 Å². The molecule has 1 atom stereocenters. The minimum Gasteiger partial charge on any atom is -0.487 e. The molecular formula is C13H20N2O. The van der Waals surface area contributed by atoms with Crippen molar-refractivity contribution in [3.8, 4) is 5.75 Å². The molecule has 1 aliphatic rings. The van der Waals surface area contributed by atoms with Crippen molar-refractivity contribution in [1.82, 2.24) is 0 Å². The zero-order valence-electron chi connectivity index (χ0n) is 10.1. The largest absolute Gasteiger partial charge is 0.487 e. The van der Waals surface area contributed by atoms with Crippen molar-refractivity contribution in [3.05, 3.63) is 23.8 Å². The Balaban J connectivity index is 2.31. The zero-order chi connectivity index (χ0) is 11.5. The standard InChI is InChI=1S/C13H20N2O/c1-3-6-15-9-10(2)16-13-7-11(8-14)4-5-12(13)15/h4-5,7,10H,3,6,8-9,14H2,1-2H3. The third-order valence-electron chi connectivity index (χ3n) is 2.90. The Morgan fingerprint density at radius 3 is 3.00 bits per heavy atom. The van der Waals surface area contributed by atoms with Gasteiger partial charge in [0.2, 0.25) is 0 Å². The lowest BCUT2D eigenvalue weighted by Gasteiger charge is -2.35. The maximum absolute atomic E-state index is 5.85. The van der Waals surface area contributed by atoms with Crippen molar-refractivity contribution in [3.63, 3.8) is 0 Å². The Morgan fingerprint density at radius 1 is 1.50 bits per heavy atom. The van der Waals surface area contributed by atoms with Crippen molar-refractivity contribution in [1.29, 1.82) is 0 Å². The maximum atomic E-state index is 5.85. The van der Waals surface area contributed by atoms with Crippen molar-refractivity contribution < 1.29 is 4.74 Å². The van der Waals surface area contributed by atoms with Crippen LogP contribution < -0.4 is 15.4 Å². The van der Waals surface area contributed by atoms with E-state index >= 15 is 0 Å². The highest BCUT2D eigenvalue weighted by Gasteiger charge is 2.22. The molecule has 16 heavy (non-hydrogen) atoms. The van der Waals surface area contributed by atoms with E-state index in [2.05, 4.69) is 36.9 Å². The van der Waals surface area contributed by atoms with Crippen molar-refractivity contribution in [2.24, 2.45) is 5.73 Å². The van der Waals surface area contributed by atoms with Gasteiger partial charge in [-0.05, 0) is 31.0 Å². The highest BCUT2D eigenvalue weighted by molar-refractivity contribution is 5.61. The summed E-state index contributed by atoms with van der Waals surface area (Å²) in [5.74, 6) is 0.982. The smallest absolute Gasteiger partial charge is 0.143 e. The highest BCUT2D eigenvalue weighted by Crippen LogP contribution is 2.34. The zero-order valence-corrected chi connectivity index (χ0v) is 10.1. The Labute approximate surface area is 97.2 Å². The fourth-order valence-electron chi connectivity index (χ4n) is 2.19. The molecule has 0 saturated carbocycles. The van der Waals surface area contributed by atoms with Gasteiger partial charge in [0, 0.05) is 13.1 Å². The van der Waals surface area contributed by atoms with Crippen LogP contribution in [0.3, 0.4) is 0 Å². The number of fused-ring (bicyclic) bond motifs is 1. The molecule has 2 rings (SSSR count). The summed E-state index contributed by atoms with van der Waals surface area (Å²) in [6.07, 6.45) is 1.41. The number of hydrogen-bond acceptors (Lipinski definition) is 3. The third kappa shape index (κ3) is 2.14. The molecule has 0 bridgehead atoms. The predicted molar refractivity (Wildman–Crippen MR) is 66.9 cm³/mol. The van der Waals surface area contributed by atoms with E-state index in [0.717, 1.165) is 30.8 Å². The van der Waals surface area contributed by atoms with E-state index < -0.39 is 0 Å². The molecule has 3 heteroatoms. The first-order valence-electron chi connectivity index (χ1n) is 5.99. The SMILES string of the molecule is CCCN1CC(C)Oc2cc(CN)ccc21. The Morgan fingerprint density at radius 2 is 2.31 bits per heavy atom. The van der Waals surface area contributed by atoms with Crippen LogP contribution in [0.25, 0.3) is 0 Å². The third-order valence-corrected chi connectivity index (χ3v) is 2.90. The van der Waals surface area contributed by atoms with E-state index in [1.165, 1.54) is 5.69 Å². The number of benzene rings is 1. The van der Waals surface area contributed by atoms with E-state index in [1.54, 1.807) is 0 Å². The lowest BCUT2D eigenvalue weighted by molar-refractivity contribution is 0.212. The van der Waals surface area contributed by atoms with Gasteiger partial charge in [-0.3, -0.25) is 0 Å². The van der Waals surface area contributed by atoms with Crippen LogP contribution in [0.4, 0.5) is 5.69 Å². The molecule has 1 heterocycles. The summed E-state index contributed by atoms with van der Waals surface area (Å²) < 4.78 is 5.85. The van der Waals surface area contributed by atoms with Crippen LogP contribution in [0.2, 0.25) is 0 Å². The number of anilines is 1.